The first-order chi connectivity index (χ1) is 10.1. The van der Waals surface area contributed by atoms with E-state index in [4.69, 9.17) is 0 Å². The van der Waals surface area contributed by atoms with Gasteiger partial charge in [-0.05, 0) is 50.9 Å². The van der Waals surface area contributed by atoms with Crippen molar-refractivity contribution in [1.29, 1.82) is 0 Å². The summed E-state index contributed by atoms with van der Waals surface area (Å²) in [5, 5.41) is 2.98. The lowest BCUT2D eigenvalue weighted by Crippen LogP contribution is -2.44. The molecule has 4 nitrogen and oxygen atoms in total. The van der Waals surface area contributed by atoms with Crippen molar-refractivity contribution in [2.24, 2.45) is 17.8 Å². The smallest absolute Gasteiger partial charge is 0.225 e. The number of carbonyl (C=O) groups excluding carboxylic acids is 2. The number of amides is 2. The highest BCUT2D eigenvalue weighted by Gasteiger charge is 2.33. The van der Waals surface area contributed by atoms with Gasteiger partial charge in [0, 0.05) is 31.5 Å². The lowest BCUT2D eigenvalue weighted by atomic mass is 9.80. The Morgan fingerprint density at radius 3 is 2.38 bits per heavy atom. The Balaban J connectivity index is 1.77. The van der Waals surface area contributed by atoms with E-state index in [0.717, 1.165) is 58.2 Å². The molecule has 1 saturated heterocycles. The summed E-state index contributed by atoms with van der Waals surface area (Å²) in [4.78, 5) is 26.6. The van der Waals surface area contributed by atoms with Gasteiger partial charge in [0.15, 0.2) is 0 Å². The van der Waals surface area contributed by atoms with Crippen molar-refractivity contribution in [3.8, 4) is 0 Å². The molecule has 21 heavy (non-hydrogen) atoms. The fourth-order valence-corrected chi connectivity index (χ4v) is 3.64. The van der Waals surface area contributed by atoms with Gasteiger partial charge < -0.3 is 10.2 Å². The molecule has 0 spiro atoms. The van der Waals surface area contributed by atoms with E-state index >= 15 is 0 Å². The zero-order valence-electron chi connectivity index (χ0n) is 13.6. The van der Waals surface area contributed by atoms with E-state index in [1.165, 1.54) is 6.42 Å². The molecular weight excluding hydrogens is 264 g/mol. The molecule has 0 bridgehead atoms. The van der Waals surface area contributed by atoms with Crippen molar-refractivity contribution in [2.75, 3.05) is 19.6 Å². The maximum Gasteiger partial charge on any atom is 0.225 e. The van der Waals surface area contributed by atoms with Crippen LogP contribution in [0.5, 0.6) is 0 Å². The molecule has 1 heterocycles. The molecule has 120 valence electrons. The second-order valence-electron chi connectivity index (χ2n) is 6.87. The summed E-state index contributed by atoms with van der Waals surface area (Å²) in [6, 6.07) is 0. The van der Waals surface area contributed by atoms with Crippen LogP contribution in [0.15, 0.2) is 0 Å². The number of piperidine rings is 1. The third kappa shape index (κ3) is 4.45. The molecule has 2 rings (SSSR count). The van der Waals surface area contributed by atoms with E-state index in [-0.39, 0.29) is 17.7 Å². The Morgan fingerprint density at radius 2 is 1.76 bits per heavy atom. The summed E-state index contributed by atoms with van der Waals surface area (Å²) >= 11 is 0. The van der Waals surface area contributed by atoms with Crippen molar-refractivity contribution in [1.82, 2.24) is 10.2 Å². The second-order valence-corrected chi connectivity index (χ2v) is 6.87. The van der Waals surface area contributed by atoms with Crippen molar-refractivity contribution in [3.63, 3.8) is 0 Å². The summed E-state index contributed by atoms with van der Waals surface area (Å²) in [5.74, 6) is 1.45. The van der Waals surface area contributed by atoms with Crippen molar-refractivity contribution >= 4 is 11.8 Å². The Bertz CT molecular complexity index is 362. The first-order valence-corrected chi connectivity index (χ1v) is 8.68. The van der Waals surface area contributed by atoms with Crippen molar-refractivity contribution in [3.05, 3.63) is 0 Å². The quantitative estimate of drug-likeness (QED) is 0.866. The Hall–Kier alpha value is -1.06. The van der Waals surface area contributed by atoms with E-state index in [2.05, 4.69) is 24.1 Å². The van der Waals surface area contributed by atoms with Gasteiger partial charge >= 0.3 is 0 Å². The van der Waals surface area contributed by atoms with Crippen LogP contribution in [-0.4, -0.2) is 36.3 Å². The van der Waals surface area contributed by atoms with Gasteiger partial charge in [-0.1, -0.05) is 13.8 Å². The van der Waals surface area contributed by atoms with E-state index in [0.29, 0.717) is 11.8 Å². The molecule has 2 aliphatic rings. The van der Waals surface area contributed by atoms with Crippen LogP contribution in [0, 0.1) is 17.8 Å². The number of hydrogen-bond donors (Lipinski definition) is 1. The Labute approximate surface area is 128 Å². The molecule has 1 saturated carbocycles. The van der Waals surface area contributed by atoms with E-state index in [1.54, 1.807) is 0 Å². The summed E-state index contributed by atoms with van der Waals surface area (Å²) in [5.41, 5.74) is 0. The van der Waals surface area contributed by atoms with Crippen LogP contribution in [0.2, 0.25) is 0 Å². The summed E-state index contributed by atoms with van der Waals surface area (Å²) in [6.45, 7) is 6.92. The number of likely N-dealkylation sites (tertiary alicyclic amines) is 1. The lowest BCUT2D eigenvalue weighted by Gasteiger charge is -2.35. The van der Waals surface area contributed by atoms with Crippen LogP contribution < -0.4 is 5.32 Å². The maximum absolute atomic E-state index is 12.6. The predicted octanol–water partition coefficient (Wildman–Crippen LogP) is 2.58. The third-order valence-corrected chi connectivity index (χ3v) is 4.97. The van der Waals surface area contributed by atoms with Crippen LogP contribution in [0.1, 0.15) is 58.8 Å². The monoisotopic (exact) mass is 294 g/mol. The van der Waals surface area contributed by atoms with Crippen LogP contribution in [-0.2, 0) is 9.59 Å². The molecule has 0 aromatic rings. The molecule has 0 aromatic heterocycles. The van der Waals surface area contributed by atoms with Gasteiger partial charge in [0.1, 0.15) is 0 Å². The maximum atomic E-state index is 12.6. The predicted molar refractivity (Wildman–Crippen MR) is 83.7 cm³/mol. The van der Waals surface area contributed by atoms with Gasteiger partial charge in [0.2, 0.25) is 11.8 Å². The standard InChI is InChI=1S/C17H30N2O2/c1-3-10-18-16(20)14-6-8-15(9-7-14)17(21)19-11-4-5-13(2)12-19/h13-15H,3-12H2,1-2H3,(H,18,20). The minimum absolute atomic E-state index is 0.126. The molecular formula is C17H30N2O2. The largest absolute Gasteiger partial charge is 0.356 e. The van der Waals surface area contributed by atoms with Gasteiger partial charge in [0.05, 0.1) is 0 Å². The van der Waals surface area contributed by atoms with Crippen LogP contribution in [0.25, 0.3) is 0 Å². The highest BCUT2D eigenvalue weighted by atomic mass is 16.2. The average Bonchev–Trinajstić information content (AvgIpc) is 2.52. The first kappa shape index (κ1) is 16.3. The van der Waals surface area contributed by atoms with Gasteiger partial charge in [-0.3, -0.25) is 9.59 Å². The second kappa shape index (κ2) is 7.81. The number of rotatable bonds is 4. The Kier molecular flexibility index (Phi) is 6.07. The minimum Gasteiger partial charge on any atom is -0.356 e. The van der Waals surface area contributed by atoms with Crippen LogP contribution >= 0.6 is 0 Å². The molecule has 0 aromatic carbocycles. The molecule has 2 fully saturated rings. The van der Waals surface area contributed by atoms with Crippen LogP contribution in [0.4, 0.5) is 0 Å². The molecule has 1 N–H and O–H groups in total. The number of nitrogens with one attached hydrogen (secondary N) is 1. The average molecular weight is 294 g/mol. The molecule has 1 aliphatic heterocycles. The molecule has 1 unspecified atom stereocenters. The van der Waals surface area contributed by atoms with E-state index in [9.17, 15) is 9.59 Å². The summed E-state index contributed by atoms with van der Waals surface area (Å²) in [6.07, 6.45) is 6.87. The topological polar surface area (TPSA) is 49.4 Å². The van der Waals surface area contributed by atoms with Gasteiger partial charge in [-0.15, -0.1) is 0 Å². The SMILES string of the molecule is CCCNC(=O)C1CCC(C(=O)N2CCCC(C)C2)CC1. The normalized spacial score (nSPS) is 30.0. The van der Waals surface area contributed by atoms with Gasteiger partial charge in [0.25, 0.3) is 0 Å². The molecule has 1 atom stereocenters. The zero-order valence-corrected chi connectivity index (χ0v) is 13.6. The van der Waals surface area contributed by atoms with Crippen molar-refractivity contribution in [2.45, 2.75) is 58.8 Å². The molecule has 4 heteroatoms. The number of nitrogens with zero attached hydrogens (tertiary/aromatic N) is 1. The van der Waals surface area contributed by atoms with E-state index < -0.39 is 0 Å². The molecule has 1 aliphatic carbocycles. The number of hydrogen-bond acceptors (Lipinski definition) is 2. The van der Waals surface area contributed by atoms with E-state index in [1.807, 2.05) is 0 Å². The first-order valence-electron chi connectivity index (χ1n) is 8.68. The highest BCUT2D eigenvalue weighted by molar-refractivity contribution is 5.81. The molecule has 2 amide bonds. The number of carbonyl (C=O) groups is 2. The van der Waals surface area contributed by atoms with Crippen LogP contribution in [0.3, 0.4) is 0 Å². The van der Waals surface area contributed by atoms with Crippen molar-refractivity contribution < 1.29 is 9.59 Å². The molecule has 0 radical (unpaired) electrons. The summed E-state index contributed by atoms with van der Waals surface area (Å²) in [7, 11) is 0. The zero-order chi connectivity index (χ0) is 15.2. The van der Waals surface area contributed by atoms with Gasteiger partial charge in [-0.2, -0.15) is 0 Å². The fourth-order valence-electron chi connectivity index (χ4n) is 3.64. The Morgan fingerprint density at radius 1 is 1.10 bits per heavy atom. The lowest BCUT2D eigenvalue weighted by molar-refractivity contribution is -0.140. The fraction of sp³-hybridized carbons (Fsp3) is 0.882. The minimum atomic E-state index is 0.126. The third-order valence-electron chi connectivity index (χ3n) is 4.97. The highest BCUT2D eigenvalue weighted by Crippen LogP contribution is 2.31. The summed E-state index contributed by atoms with van der Waals surface area (Å²) < 4.78 is 0. The van der Waals surface area contributed by atoms with Gasteiger partial charge in [-0.25, -0.2) is 0 Å².